The maximum Gasteiger partial charge on any atom is 0.415 e. The van der Waals surface area contributed by atoms with Crippen LogP contribution in [0.3, 0.4) is 0 Å². The van der Waals surface area contributed by atoms with Gasteiger partial charge in [-0.15, -0.1) is 6.42 Å². The third-order valence-corrected chi connectivity index (χ3v) is 6.03. The first-order valence-electron chi connectivity index (χ1n) is 10.6. The third kappa shape index (κ3) is 4.94. The van der Waals surface area contributed by atoms with Crippen LogP contribution in [0.15, 0.2) is 12.1 Å². The predicted molar refractivity (Wildman–Crippen MR) is 112 cm³/mol. The Kier molecular flexibility index (Phi) is 7.55. The molecule has 0 radical (unpaired) electrons. The maximum absolute atomic E-state index is 14.7. The number of rotatable bonds is 9. The van der Waals surface area contributed by atoms with Crippen molar-refractivity contribution in [1.29, 1.82) is 0 Å². The molecule has 0 bridgehead atoms. The fourth-order valence-electron chi connectivity index (χ4n) is 4.43. The topological polar surface area (TPSA) is 68.3 Å². The molecule has 2 amide bonds. The molecule has 2 aliphatic rings. The lowest BCUT2D eigenvalue weighted by Crippen LogP contribution is -2.71. The van der Waals surface area contributed by atoms with Gasteiger partial charge in [0.25, 0.3) is 0 Å². The molecule has 0 saturated carbocycles. The first kappa shape index (κ1) is 24.9. The van der Waals surface area contributed by atoms with E-state index in [1.165, 1.54) is 9.80 Å². The summed E-state index contributed by atoms with van der Waals surface area (Å²) in [5.41, 5.74) is -1.50. The van der Waals surface area contributed by atoms with Crippen molar-refractivity contribution in [2.75, 3.05) is 33.0 Å². The summed E-state index contributed by atoms with van der Waals surface area (Å²) in [4.78, 5) is 28.2. The van der Waals surface area contributed by atoms with Gasteiger partial charge in [-0.2, -0.15) is 0 Å². The zero-order valence-electron chi connectivity index (χ0n) is 18.8. The highest BCUT2D eigenvalue weighted by Gasteiger charge is 2.56. The van der Waals surface area contributed by atoms with Gasteiger partial charge < -0.3 is 19.1 Å². The normalized spacial score (nSPS) is 24.3. The van der Waals surface area contributed by atoms with Crippen molar-refractivity contribution in [3.63, 3.8) is 0 Å². The molecule has 1 aromatic carbocycles. The van der Waals surface area contributed by atoms with Crippen molar-refractivity contribution >= 4 is 12.0 Å². The Morgan fingerprint density at radius 1 is 1.15 bits per heavy atom. The van der Waals surface area contributed by atoms with E-state index in [-0.39, 0.29) is 39.4 Å². The Morgan fingerprint density at radius 3 is 2.45 bits per heavy atom. The molecular weight excluding hydrogens is 441 g/mol. The van der Waals surface area contributed by atoms with Crippen LogP contribution in [0.5, 0.6) is 0 Å². The summed E-state index contributed by atoms with van der Waals surface area (Å²) >= 11 is 0. The van der Waals surface area contributed by atoms with Crippen LogP contribution < -0.4 is 0 Å². The summed E-state index contributed by atoms with van der Waals surface area (Å²) in [5.74, 6) is -2.35. The summed E-state index contributed by atoms with van der Waals surface area (Å²) in [6.07, 6.45) is 4.32. The SMILES string of the molecule is C#CCOCCOCCN1C(=O)C(N2C(=O)OC2(C)C)CC(c2c(F)ccc(F)c2F)C1C. The highest BCUT2D eigenvalue weighted by molar-refractivity contribution is 5.89. The lowest BCUT2D eigenvalue weighted by atomic mass is 9.80. The summed E-state index contributed by atoms with van der Waals surface area (Å²) < 4.78 is 59.0. The molecule has 180 valence electrons. The minimum absolute atomic E-state index is 0.0763. The minimum atomic E-state index is -1.30. The van der Waals surface area contributed by atoms with Gasteiger partial charge in [0.1, 0.15) is 18.5 Å². The van der Waals surface area contributed by atoms with E-state index < -0.39 is 58.7 Å². The highest BCUT2D eigenvalue weighted by atomic mass is 19.2. The van der Waals surface area contributed by atoms with Gasteiger partial charge in [0, 0.05) is 24.1 Å². The minimum Gasteiger partial charge on any atom is -0.423 e. The maximum atomic E-state index is 14.7. The number of nitrogens with zero attached hydrogens (tertiary/aromatic N) is 2. The van der Waals surface area contributed by atoms with Crippen LogP contribution in [0, 0.1) is 29.8 Å². The first-order chi connectivity index (χ1) is 15.6. The molecule has 3 atom stereocenters. The first-order valence-corrected chi connectivity index (χ1v) is 10.6. The Bertz CT molecular complexity index is 949. The Balaban J connectivity index is 1.84. The average molecular weight is 468 g/mol. The van der Waals surface area contributed by atoms with E-state index in [1.54, 1.807) is 20.8 Å². The van der Waals surface area contributed by atoms with Crippen LogP contribution in [0.25, 0.3) is 0 Å². The van der Waals surface area contributed by atoms with Crippen molar-refractivity contribution < 1.29 is 37.0 Å². The smallest absolute Gasteiger partial charge is 0.415 e. The van der Waals surface area contributed by atoms with Crippen molar-refractivity contribution in [1.82, 2.24) is 9.80 Å². The number of benzene rings is 1. The molecule has 0 spiro atoms. The second-order valence-electron chi connectivity index (χ2n) is 8.44. The number of halogens is 3. The molecule has 1 aromatic rings. The molecule has 33 heavy (non-hydrogen) atoms. The van der Waals surface area contributed by atoms with Gasteiger partial charge in [0.2, 0.25) is 5.91 Å². The number of hydrogen-bond donors (Lipinski definition) is 0. The fraction of sp³-hybridized carbons (Fsp3) is 0.565. The molecule has 2 aliphatic heterocycles. The largest absolute Gasteiger partial charge is 0.423 e. The Hall–Kier alpha value is -2.77. The summed E-state index contributed by atoms with van der Waals surface area (Å²) in [5, 5.41) is 0. The number of amides is 2. The summed E-state index contributed by atoms with van der Waals surface area (Å²) in [6.45, 7) is 5.75. The molecule has 0 aliphatic carbocycles. The van der Waals surface area contributed by atoms with Crippen LogP contribution in [-0.4, -0.2) is 72.6 Å². The Labute approximate surface area is 190 Å². The van der Waals surface area contributed by atoms with E-state index in [0.717, 1.165) is 6.07 Å². The van der Waals surface area contributed by atoms with Crippen LogP contribution in [0.2, 0.25) is 0 Å². The number of ether oxygens (including phenoxy) is 3. The summed E-state index contributed by atoms with van der Waals surface area (Å²) in [7, 11) is 0. The number of cyclic esters (lactones) is 1. The van der Waals surface area contributed by atoms with Crippen LogP contribution in [0.4, 0.5) is 18.0 Å². The highest BCUT2D eigenvalue weighted by Crippen LogP contribution is 2.42. The number of likely N-dealkylation sites (tertiary alicyclic amines) is 1. The number of hydrogen-bond acceptors (Lipinski definition) is 5. The number of terminal acetylenes is 1. The van der Waals surface area contributed by atoms with Gasteiger partial charge in [-0.1, -0.05) is 5.92 Å². The predicted octanol–water partition coefficient (Wildman–Crippen LogP) is 3.03. The van der Waals surface area contributed by atoms with E-state index in [1.807, 2.05) is 0 Å². The standard InChI is InChI=1S/C23H27F3N2O5/c1-5-9-31-11-12-32-10-8-27-14(2)15(19-16(24)6-7-17(25)20(19)26)13-18(21(27)29)28-22(30)33-23(28,3)4/h1,6-7,14-15,18H,8-13H2,2-4H3. The molecule has 0 aromatic heterocycles. The molecule has 0 N–H and O–H groups in total. The fourth-order valence-corrected chi connectivity index (χ4v) is 4.43. The number of carbonyl (C=O) groups is 2. The molecule has 3 rings (SSSR count). The van der Waals surface area contributed by atoms with Crippen molar-refractivity contribution in [2.45, 2.75) is 50.9 Å². The van der Waals surface area contributed by atoms with Gasteiger partial charge >= 0.3 is 6.09 Å². The quantitative estimate of drug-likeness (QED) is 0.317. The van der Waals surface area contributed by atoms with Crippen LogP contribution in [-0.2, 0) is 19.0 Å². The van der Waals surface area contributed by atoms with Gasteiger partial charge in [-0.25, -0.2) is 18.0 Å². The summed E-state index contributed by atoms with van der Waals surface area (Å²) in [6, 6.07) is -0.129. The zero-order chi connectivity index (χ0) is 24.3. The third-order valence-electron chi connectivity index (χ3n) is 6.03. The van der Waals surface area contributed by atoms with Gasteiger partial charge in [-0.05, 0) is 39.3 Å². The monoisotopic (exact) mass is 468 g/mol. The molecule has 2 fully saturated rings. The van der Waals surface area contributed by atoms with Crippen molar-refractivity contribution in [3.8, 4) is 12.3 Å². The van der Waals surface area contributed by atoms with Crippen LogP contribution in [0.1, 0.15) is 38.7 Å². The van der Waals surface area contributed by atoms with Crippen molar-refractivity contribution in [2.24, 2.45) is 0 Å². The van der Waals surface area contributed by atoms with E-state index >= 15 is 0 Å². The van der Waals surface area contributed by atoms with E-state index in [2.05, 4.69) is 5.92 Å². The van der Waals surface area contributed by atoms with Crippen molar-refractivity contribution in [3.05, 3.63) is 35.1 Å². The number of carbonyl (C=O) groups excluding carboxylic acids is 2. The average Bonchev–Trinajstić information content (AvgIpc) is 2.74. The second-order valence-corrected chi connectivity index (χ2v) is 8.44. The molecule has 2 saturated heterocycles. The van der Waals surface area contributed by atoms with Gasteiger partial charge in [0.15, 0.2) is 17.4 Å². The van der Waals surface area contributed by atoms with Gasteiger partial charge in [0.05, 0.1) is 19.8 Å². The van der Waals surface area contributed by atoms with Crippen LogP contribution >= 0.6 is 0 Å². The van der Waals surface area contributed by atoms with E-state index in [4.69, 9.17) is 20.6 Å². The molecule has 3 unspecified atom stereocenters. The molecule has 7 nitrogen and oxygen atoms in total. The Morgan fingerprint density at radius 2 is 1.82 bits per heavy atom. The second kappa shape index (κ2) is 10.0. The van der Waals surface area contributed by atoms with E-state index in [9.17, 15) is 22.8 Å². The lowest BCUT2D eigenvalue weighted by molar-refractivity contribution is -0.195. The number of piperidine rings is 1. The van der Waals surface area contributed by atoms with Gasteiger partial charge in [-0.3, -0.25) is 9.69 Å². The zero-order valence-corrected chi connectivity index (χ0v) is 18.8. The molecule has 2 heterocycles. The lowest BCUT2D eigenvalue weighted by Gasteiger charge is -2.54. The van der Waals surface area contributed by atoms with E-state index in [0.29, 0.717) is 6.07 Å². The molecular formula is C23H27F3N2O5. The molecule has 10 heteroatoms.